The minimum absolute atomic E-state index is 0.0718. The van der Waals surface area contributed by atoms with Crippen LogP contribution in [0.4, 0.5) is 5.82 Å². The zero-order valence-electron chi connectivity index (χ0n) is 25.5. The number of fused-ring (bicyclic) bond motifs is 1. The molecule has 0 spiro atoms. The molecule has 2 aliphatic rings. The SMILES string of the molecule is CCCCCCCCCCCCN1C(=O)/C(=C\c2c(C)c(C#N)c(=O)n(CC)c2NCc2ccc3c(c2)OCO3)SC1=S. The van der Waals surface area contributed by atoms with E-state index >= 15 is 0 Å². The summed E-state index contributed by atoms with van der Waals surface area (Å²) in [6.07, 6.45) is 14.0. The smallest absolute Gasteiger partial charge is 0.270 e. The molecule has 10 heteroatoms. The molecule has 2 aromatic rings. The Balaban J connectivity index is 1.46. The number of rotatable bonds is 16. The maximum absolute atomic E-state index is 13.5. The van der Waals surface area contributed by atoms with Gasteiger partial charge in [0.25, 0.3) is 11.5 Å². The molecule has 1 fully saturated rings. The van der Waals surface area contributed by atoms with Crippen molar-refractivity contribution in [1.82, 2.24) is 9.47 Å². The maximum atomic E-state index is 13.5. The fraction of sp³-hybridized carbons (Fsp3) is 0.515. The van der Waals surface area contributed by atoms with Crippen LogP contribution in [0.5, 0.6) is 11.5 Å². The van der Waals surface area contributed by atoms with E-state index in [1.54, 1.807) is 22.5 Å². The zero-order chi connectivity index (χ0) is 30.8. The summed E-state index contributed by atoms with van der Waals surface area (Å²) in [5, 5.41) is 13.2. The van der Waals surface area contributed by atoms with Gasteiger partial charge >= 0.3 is 0 Å². The number of thiocarbonyl (C=S) groups is 1. The molecule has 8 nitrogen and oxygen atoms in total. The lowest BCUT2D eigenvalue weighted by atomic mass is 10.0. The Morgan fingerprint density at radius 2 is 1.70 bits per heavy atom. The van der Waals surface area contributed by atoms with Crippen LogP contribution in [0.25, 0.3) is 6.08 Å². The highest BCUT2D eigenvalue weighted by molar-refractivity contribution is 8.26. The van der Waals surface area contributed by atoms with Gasteiger partial charge in [-0.1, -0.05) is 94.8 Å². The number of benzene rings is 1. The largest absolute Gasteiger partial charge is 0.454 e. The van der Waals surface area contributed by atoms with E-state index in [1.807, 2.05) is 25.1 Å². The number of unbranched alkanes of at least 4 members (excludes halogenated alkanes) is 9. The normalized spacial score (nSPS) is 15.0. The van der Waals surface area contributed by atoms with E-state index < -0.39 is 0 Å². The molecular formula is C33H42N4O4S2. The van der Waals surface area contributed by atoms with E-state index in [4.69, 9.17) is 21.7 Å². The van der Waals surface area contributed by atoms with Gasteiger partial charge in [0.15, 0.2) is 11.5 Å². The third kappa shape index (κ3) is 8.01. The lowest BCUT2D eigenvalue weighted by Crippen LogP contribution is -2.29. The number of nitrogens with zero attached hydrogens (tertiary/aromatic N) is 3. The van der Waals surface area contributed by atoms with E-state index in [2.05, 4.69) is 18.3 Å². The topological polar surface area (TPSA) is 96.6 Å². The molecule has 1 aromatic carbocycles. The molecule has 0 atom stereocenters. The Labute approximate surface area is 264 Å². The van der Waals surface area contributed by atoms with Gasteiger partial charge in [-0.05, 0) is 49.6 Å². The standard InChI is InChI=1S/C33H42N4O4S2/c1-4-6-7-8-9-10-11-12-13-14-17-37-32(39)29(43-33(37)42)19-25-23(3)26(20-34)31(38)36(5-2)30(25)35-21-24-15-16-27-28(18-24)41-22-40-27/h15-16,18-19,35H,4-14,17,21-22H2,1-3H3/b29-19+. The number of carbonyl (C=O) groups excluding carboxylic acids is 1. The van der Waals surface area contributed by atoms with Crippen molar-refractivity contribution in [2.75, 3.05) is 18.7 Å². The average Bonchev–Trinajstić information content (AvgIpc) is 3.58. The summed E-state index contributed by atoms with van der Waals surface area (Å²) in [4.78, 5) is 28.9. The second kappa shape index (κ2) is 16.0. The van der Waals surface area contributed by atoms with Gasteiger partial charge in [0.1, 0.15) is 21.8 Å². The van der Waals surface area contributed by atoms with Crippen LogP contribution in [0.1, 0.15) is 100 Å². The van der Waals surface area contributed by atoms with Crippen molar-refractivity contribution >= 4 is 46.1 Å². The molecule has 1 aromatic heterocycles. The quantitative estimate of drug-likeness (QED) is 0.117. The number of thioether (sulfide) groups is 1. The van der Waals surface area contributed by atoms with Crippen LogP contribution in [0.2, 0.25) is 0 Å². The first-order chi connectivity index (χ1) is 20.9. The number of pyridine rings is 1. The van der Waals surface area contributed by atoms with Gasteiger partial charge in [-0.2, -0.15) is 5.26 Å². The molecule has 230 valence electrons. The summed E-state index contributed by atoms with van der Waals surface area (Å²) in [6.45, 7) is 7.41. The number of nitriles is 1. The number of amides is 1. The van der Waals surface area contributed by atoms with Crippen molar-refractivity contribution in [3.8, 4) is 17.6 Å². The van der Waals surface area contributed by atoms with E-state index in [1.165, 1.54) is 63.1 Å². The molecule has 1 amide bonds. The molecule has 0 saturated carbocycles. The third-order valence-electron chi connectivity index (χ3n) is 7.97. The van der Waals surface area contributed by atoms with Crippen LogP contribution >= 0.6 is 24.0 Å². The molecule has 0 radical (unpaired) electrons. The Morgan fingerprint density at radius 3 is 2.37 bits per heavy atom. The van der Waals surface area contributed by atoms with Crippen molar-refractivity contribution in [2.45, 2.75) is 98.1 Å². The van der Waals surface area contributed by atoms with Crippen LogP contribution in [-0.2, 0) is 17.9 Å². The summed E-state index contributed by atoms with van der Waals surface area (Å²) >= 11 is 6.88. The van der Waals surface area contributed by atoms with Gasteiger partial charge in [-0.25, -0.2) is 0 Å². The maximum Gasteiger partial charge on any atom is 0.270 e. The summed E-state index contributed by atoms with van der Waals surface area (Å²) in [6, 6.07) is 7.77. The summed E-state index contributed by atoms with van der Waals surface area (Å²) in [5.74, 6) is 1.81. The number of aromatic nitrogens is 1. The molecule has 4 rings (SSSR count). The van der Waals surface area contributed by atoms with Crippen LogP contribution in [0, 0.1) is 18.3 Å². The van der Waals surface area contributed by atoms with Crippen molar-refractivity contribution < 1.29 is 14.3 Å². The van der Waals surface area contributed by atoms with E-state index in [0.717, 1.165) is 18.4 Å². The molecule has 0 bridgehead atoms. The third-order valence-corrected chi connectivity index (χ3v) is 9.35. The fourth-order valence-electron chi connectivity index (χ4n) is 5.47. The Morgan fingerprint density at radius 1 is 1.02 bits per heavy atom. The second-order valence-electron chi connectivity index (χ2n) is 11.0. The van der Waals surface area contributed by atoms with E-state index in [0.29, 0.717) is 57.3 Å². The van der Waals surface area contributed by atoms with Gasteiger partial charge in [0.05, 0.1) is 4.91 Å². The highest BCUT2D eigenvalue weighted by Gasteiger charge is 2.32. The number of hydrogen-bond donors (Lipinski definition) is 1. The first-order valence-corrected chi connectivity index (χ1v) is 16.7. The summed E-state index contributed by atoms with van der Waals surface area (Å²) in [7, 11) is 0. The molecule has 1 N–H and O–H groups in total. The second-order valence-corrected chi connectivity index (χ2v) is 12.7. The Hall–Kier alpha value is -3.29. The van der Waals surface area contributed by atoms with Gasteiger partial charge in [0, 0.05) is 25.2 Å². The van der Waals surface area contributed by atoms with E-state index in [-0.39, 0.29) is 23.8 Å². The zero-order valence-corrected chi connectivity index (χ0v) is 27.1. The highest BCUT2D eigenvalue weighted by Crippen LogP contribution is 2.36. The molecular weight excluding hydrogens is 581 g/mol. The number of nitrogens with one attached hydrogen (secondary N) is 1. The summed E-state index contributed by atoms with van der Waals surface area (Å²) < 4.78 is 13.0. The van der Waals surface area contributed by atoms with Crippen molar-refractivity contribution in [1.29, 1.82) is 5.26 Å². The van der Waals surface area contributed by atoms with E-state index in [9.17, 15) is 14.9 Å². The van der Waals surface area contributed by atoms with Crippen LogP contribution < -0.4 is 20.3 Å². The van der Waals surface area contributed by atoms with Gasteiger partial charge in [-0.15, -0.1) is 0 Å². The van der Waals surface area contributed by atoms with Crippen LogP contribution in [0.15, 0.2) is 27.9 Å². The predicted molar refractivity (Wildman–Crippen MR) is 177 cm³/mol. The minimum Gasteiger partial charge on any atom is -0.454 e. The summed E-state index contributed by atoms with van der Waals surface area (Å²) in [5.41, 5.74) is 1.82. The molecule has 3 heterocycles. The predicted octanol–water partition coefficient (Wildman–Crippen LogP) is 7.51. The number of anilines is 1. The highest BCUT2D eigenvalue weighted by atomic mass is 32.2. The number of ether oxygens (including phenoxy) is 2. The lowest BCUT2D eigenvalue weighted by Gasteiger charge is -2.19. The molecule has 43 heavy (non-hydrogen) atoms. The first kappa shape index (κ1) is 32.6. The van der Waals surface area contributed by atoms with Crippen molar-refractivity contribution in [2.24, 2.45) is 0 Å². The fourth-order valence-corrected chi connectivity index (χ4v) is 6.76. The van der Waals surface area contributed by atoms with Crippen molar-refractivity contribution in [3.05, 3.63) is 55.7 Å². The van der Waals surface area contributed by atoms with Crippen LogP contribution in [0.3, 0.4) is 0 Å². The minimum atomic E-state index is -0.360. The average molecular weight is 623 g/mol. The number of hydrogen-bond acceptors (Lipinski definition) is 8. The molecule has 1 saturated heterocycles. The molecule has 0 aliphatic carbocycles. The van der Waals surface area contributed by atoms with Crippen LogP contribution in [-0.4, -0.2) is 33.0 Å². The lowest BCUT2D eigenvalue weighted by molar-refractivity contribution is -0.122. The first-order valence-electron chi connectivity index (χ1n) is 15.4. The van der Waals surface area contributed by atoms with Gasteiger partial charge in [0.2, 0.25) is 6.79 Å². The Bertz CT molecular complexity index is 1460. The Kier molecular flexibility index (Phi) is 12.1. The van der Waals surface area contributed by atoms with Gasteiger partial charge in [-0.3, -0.25) is 19.1 Å². The number of carbonyl (C=O) groups is 1. The van der Waals surface area contributed by atoms with Gasteiger partial charge < -0.3 is 14.8 Å². The monoisotopic (exact) mass is 622 g/mol. The van der Waals surface area contributed by atoms with Crippen molar-refractivity contribution in [3.63, 3.8) is 0 Å². The molecule has 2 aliphatic heterocycles. The molecule has 0 unspecified atom stereocenters.